The molecule has 3 atom stereocenters. The van der Waals surface area contributed by atoms with Crippen LogP contribution in [0.15, 0.2) is 96.2 Å². The molecule has 1 spiro atoms. The van der Waals surface area contributed by atoms with Crippen LogP contribution >= 0.6 is 0 Å². The van der Waals surface area contributed by atoms with Gasteiger partial charge < -0.3 is 58.1 Å². The van der Waals surface area contributed by atoms with E-state index in [1.165, 1.54) is 17.7 Å². The molecule has 7 aliphatic rings. The number of benzene rings is 3. The van der Waals surface area contributed by atoms with E-state index < -0.39 is 51.2 Å². The van der Waals surface area contributed by atoms with E-state index in [1.54, 1.807) is 13.2 Å². The van der Waals surface area contributed by atoms with Crippen molar-refractivity contribution < 1.29 is 51.7 Å². The van der Waals surface area contributed by atoms with Crippen LogP contribution in [0, 0.1) is 21.4 Å². The molecule has 23 nitrogen and oxygen atoms in total. The highest BCUT2D eigenvalue weighted by Gasteiger charge is 2.51. The van der Waals surface area contributed by atoms with Crippen LogP contribution in [0.1, 0.15) is 106 Å². The van der Waals surface area contributed by atoms with E-state index in [-0.39, 0.29) is 47.4 Å². The molecule has 96 heavy (non-hydrogen) atoms. The molecule has 2 aliphatic carbocycles. The Labute approximate surface area is 564 Å². The SMILES string of the molecule is COc1cc(CN2CCN(C3CC4(CCN(c5ccc(C(=O)NS(=O)(=O)c6ccc(NC[C@H]7CC[C@](C)(O)CC7)c([N+](=O)[O-])c6)c(N6c7cc8ccn(COCC[Si](C)(C)C)c8nc7O[C@H]7COCC[C@@H]76)c5)CC4)C3)[C@@H](c3ccccc3OC(C)C)C2)cnc1N1CCOCC1. The van der Waals surface area contributed by atoms with Crippen LogP contribution in [0.3, 0.4) is 0 Å². The molecule has 4 saturated heterocycles. The summed E-state index contributed by atoms with van der Waals surface area (Å²) in [5.41, 5.74) is 4.22. The van der Waals surface area contributed by atoms with Crippen LogP contribution in [0.4, 0.5) is 34.3 Å². The van der Waals surface area contributed by atoms with Gasteiger partial charge in [-0.05, 0) is 156 Å². The number of carbonyl (C=O) groups is 1. The summed E-state index contributed by atoms with van der Waals surface area (Å²) in [6, 6.07) is 25.2. The molecule has 13 rings (SSSR count). The number of nitro groups is 1. The van der Waals surface area contributed by atoms with Gasteiger partial charge in [0.2, 0.25) is 5.88 Å². The van der Waals surface area contributed by atoms with E-state index >= 15 is 4.79 Å². The van der Waals surface area contributed by atoms with Crippen molar-refractivity contribution in [3.8, 4) is 17.4 Å². The number of hydrogen-bond donors (Lipinski definition) is 3. The molecular weight excluding hydrogens is 1260 g/mol. The second kappa shape index (κ2) is 28.0. The van der Waals surface area contributed by atoms with Crippen LogP contribution in [-0.2, 0) is 37.5 Å². The number of sulfonamides is 1. The Balaban J connectivity index is 0.764. The predicted octanol–water partition coefficient (Wildman–Crippen LogP) is 10.8. The molecule has 5 aliphatic heterocycles. The molecule has 6 fully saturated rings. The van der Waals surface area contributed by atoms with Gasteiger partial charge in [-0.25, -0.2) is 18.1 Å². The number of fused-ring (bicyclic) bond motifs is 3. The third-order valence-electron chi connectivity index (χ3n) is 21.0. The number of anilines is 5. The zero-order valence-corrected chi connectivity index (χ0v) is 58.5. The molecule has 0 unspecified atom stereocenters. The summed E-state index contributed by atoms with van der Waals surface area (Å²) in [6.07, 6.45) is 10.9. The highest BCUT2D eigenvalue weighted by Crippen LogP contribution is 2.54. The lowest BCUT2D eigenvalue weighted by atomic mass is 9.59. The Morgan fingerprint density at radius 3 is 2.42 bits per heavy atom. The Morgan fingerprint density at radius 2 is 1.67 bits per heavy atom. The molecule has 0 radical (unpaired) electrons. The number of piperidine rings is 1. The van der Waals surface area contributed by atoms with Gasteiger partial charge in [-0.2, -0.15) is 4.98 Å². The number of methoxy groups -OCH3 is 1. The Morgan fingerprint density at radius 1 is 0.885 bits per heavy atom. The quantitative estimate of drug-likeness (QED) is 0.0248. The molecule has 6 aromatic rings. The number of morpholine rings is 1. The number of ether oxygens (including phenoxy) is 6. The minimum Gasteiger partial charge on any atom is -0.493 e. The van der Waals surface area contributed by atoms with Crippen molar-refractivity contribution in [2.75, 3.05) is 113 Å². The minimum absolute atomic E-state index is 0.0178. The number of carbonyl (C=O) groups excluding carboxylic acids is 1. The fraction of sp³-hybridized carbons (Fsp3) is 0.563. The van der Waals surface area contributed by atoms with Gasteiger partial charge in [-0.15, -0.1) is 0 Å². The average Bonchev–Trinajstić information content (AvgIpc) is 0.929. The summed E-state index contributed by atoms with van der Waals surface area (Å²) in [4.78, 5) is 48.8. The van der Waals surface area contributed by atoms with Gasteiger partial charge in [0.25, 0.3) is 21.6 Å². The second-order valence-electron chi connectivity index (χ2n) is 29.4. The largest absolute Gasteiger partial charge is 0.493 e. The Bertz CT molecular complexity index is 3890. The summed E-state index contributed by atoms with van der Waals surface area (Å²) in [7, 11) is -4.30. The molecule has 25 heteroatoms. The molecule has 8 heterocycles. The second-order valence-corrected chi connectivity index (χ2v) is 36.7. The maximum atomic E-state index is 15.1. The number of nitro benzene ring substituents is 1. The smallest absolute Gasteiger partial charge is 0.293 e. The van der Waals surface area contributed by atoms with E-state index in [1.807, 2.05) is 48.1 Å². The summed E-state index contributed by atoms with van der Waals surface area (Å²) < 4.78 is 70.4. The van der Waals surface area contributed by atoms with Crippen molar-refractivity contribution in [2.45, 2.75) is 158 Å². The number of nitrogens with zero attached hydrogens (tertiary/aromatic N) is 9. The summed E-state index contributed by atoms with van der Waals surface area (Å²) in [5.74, 6) is 2.19. The normalized spacial score (nSPS) is 23.5. The standard InChI is InChI=1S/C71H95N11O12SSi/c1-48(2)93-63-11-9-8-10-55(63)62-45-76(44-50-36-64(89-4)67(73-43-50)78-29-32-90-33-30-78)27-28-80(62)53-40-71(41-53)22-25-77(26-23-71)52-12-14-56(68(83)75-95(87,88)54-13-15-57(60(39-54)82(85)86)72-42-49-16-20-70(3,84)21-17-49)59(38-52)81-58-19-31-91-46-65(58)94-69-61(81)37-51-18-24-79(66(51)74-69)47-92-34-35-96(5,6)7/h8-15,18,24,36-39,43,48-49,53,58,62,65,72,84H,16-17,19-23,25-35,40-42,44-47H2,1-7H3,(H,75,83)/t49-,58-,62+,65-,70-/m0/s1. The van der Waals surface area contributed by atoms with Crippen LogP contribution < -0.4 is 38.9 Å². The first kappa shape index (κ1) is 67.5. The van der Waals surface area contributed by atoms with Gasteiger partial charge in [0.1, 0.15) is 35.6 Å². The van der Waals surface area contributed by atoms with E-state index in [0.29, 0.717) is 87.9 Å². The number of nitrogens with one attached hydrogen (secondary N) is 2. The predicted molar refractivity (Wildman–Crippen MR) is 373 cm³/mol. The fourth-order valence-corrected chi connectivity index (χ4v) is 17.2. The molecule has 2 saturated carbocycles. The highest BCUT2D eigenvalue weighted by atomic mass is 32.2. The lowest BCUT2D eigenvalue weighted by molar-refractivity contribution is -0.384. The van der Waals surface area contributed by atoms with Crippen molar-refractivity contribution in [2.24, 2.45) is 11.3 Å². The maximum absolute atomic E-state index is 15.1. The topological polar surface area (TPSA) is 241 Å². The van der Waals surface area contributed by atoms with Crippen molar-refractivity contribution in [1.29, 1.82) is 0 Å². The first-order valence-electron chi connectivity index (χ1n) is 34.5. The number of aliphatic hydroxyl groups is 1. The van der Waals surface area contributed by atoms with Crippen LogP contribution in [-0.4, -0.2) is 179 Å². The van der Waals surface area contributed by atoms with E-state index in [4.69, 9.17) is 38.4 Å². The zero-order valence-electron chi connectivity index (χ0n) is 56.7. The molecular formula is C71H95N11O12SSi. The van der Waals surface area contributed by atoms with Crippen LogP contribution in [0.25, 0.3) is 11.0 Å². The number of piperazine rings is 1. The molecule has 0 bridgehead atoms. The number of pyridine rings is 2. The van der Waals surface area contributed by atoms with Crippen molar-refractivity contribution in [3.05, 3.63) is 118 Å². The summed E-state index contributed by atoms with van der Waals surface area (Å²) >= 11 is 0. The molecule has 3 aromatic heterocycles. The first-order chi connectivity index (χ1) is 46.1. The summed E-state index contributed by atoms with van der Waals surface area (Å²) in [5, 5.41) is 27.1. The number of amides is 1. The van der Waals surface area contributed by atoms with Gasteiger partial charge in [-0.1, -0.05) is 37.8 Å². The molecule has 3 N–H and O–H groups in total. The van der Waals surface area contributed by atoms with Gasteiger partial charge in [0, 0.05) is 121 Å². The zero-order chi connectivity index (χ0) is 67.1. The maximum Gasteiger partial charge on any atom is 0.293 e. The average molecular weight is 1350 g/mol. The van der Waals surface area contributed by atoms with Crippen molar-refractivity contribution in [3.63, 3.8) is 0 Å². The third-order valence-corrected chi connectivity index (χ3v) is 24.0. The van der Waals surface area contributed by atoms with Gasteiger partial charge in [0.15, 0.2) is 11.6 Å². The fourth-order valence-electron chi connectivity index (χ4n) is 15.4. The van der Waals surface area contributed by atoms with Gasteiger partial charge in [-0.3, -0.25) is 24.7 Å². The van der Waals surface area contributed by atoms with Crippen LogP contribution in [0.2, 0.25) is 25.7 Å². The Kier molecular flexibility index (Phi) is 19.7. The molecule has 516 valence electrons. The molecule has 1 amide bonds. The lowest BCUT2D eigenvalue weighted by Crippen LogP contribution is -2.59. The Hall–Kier alpha value is -7.10. The van der Waals surface area contributed by atoms with Gasteiger partial charge in [0.05, 0.1) is 71.8 Å². The van der Waals surface area contributed by atoms with E-state index in [2.05, 4.69) is 98.4 Å². The third kappa shape index (κ3) is 14.8. The minimum atomic E-state index is -4.69. The number of para-hydroxylation sites is 1. The summed E-state index contributed by atoms with van der Waals surface area (Å²) in [6.45, 7) is 22.9. The van der Waals surface area contributed by atoms with Gasteiger partial charge >= 0.3 is 0 Å². The first-order valence-corrected chi connectivity index (χ1v) is 39.7. The molecule has 3 aromatic carbocycles. The highest BCUT2D eigenvalue weighted by molar-refractivity contribution is 7.90. The number of aromatic nitrogens is 3. The van der Waals surface area contributed by atoms with Crippen LogP contribution in [0.5, 0.6) is 17.4 Å². The van der Waals surface area contributed by atoms with Crippen molar-refractivity contribution >= 4 is 69.3 Å². The van der Waals surface area contributed by atoms with Crippen molar-refractivity contribution in [1.82, 2.24) is 29.1 Å². The number of hydrogen-bond acceptors (Lipinski definition) is 20. The van der Waals surface area contributed by atoms with E-state index in [9.17, 15) is 23.6 Å². The van der Waals surface area contributed by atoms with E-state index in [0.717, 1.165) is 137 Å². The number of rotatable bonds is 22. The monoisotopic (exact) mass is 1350 g/mol. The lowest BCUT2D eigenvalue weighted by Gasteiger charge is -2.58.